The molecule has 40 heavy (non-hydrogen) atoms. The van der Waals surface area contributed by atoms with Crippen LogP contribution in [-0.4, -0.2) is 59.3 Å². The number of hydrogen-bond donors (Lipinski definition) is 2. The van der Waals surface area contributed by atoms with Gasteiger partial charge in [-0.25, -0.2) is 0 Å². The number of rotatable bonds is 5. The van der Waals surface area contributed by atoms with E-state index in [0.717, 1.165) is 49.4 Å². The van der Waals surface area contributed by atoms with Gasteiger partial charge in [-0.15, -0.1) is 0 Å². The third-order valence-electron chi connectivity index (χ3n) is 12.8. The summed E-state index contributed by atoms with van der Waals surface area (Å²) in [6.07, 6.45) is 18.6. The van der Waals surface area contributed by atoms with Crippen molar-refractivity contribution in [3.05, 3.63) is 30.1 Å². The third kappa shape index (κ3) is 5.71. The third-order valence-corrected chi connectivity index (χ3v) is 13.8. The zero-order valence-corrected chi connectivity index (χ0v) is 26.9. The van der Waals surface area contributed by atoms with Gasteiger partial charge in [0.15, 0.2) is 0 Å². The Balaban J connectivity index is 0.000000207. The first-order chi connectivity index (χ1) is 19.0. The van der Waals surface area contributed by atoms with Crippen molar-refractivity contribution < 1.29 is 15.0 Å². The van der Waals surface area contributed by atoms with Gasteiger partial charge in [-0.3, -0.25) is 4.79 Å². The summed E-state index contributed by atoms with van der Waals surface area (Å²) in [5, 5.41) is 19.3. The van der Waals surface area contributed by atoms with E-state index in [1.165, 1.54) is 61.5 Å². The van der Waals surface area contributed by atoms with Crippen molar-refractivity contribution >= 4 is 26.1 Å². The Hall–Kier alpha value is -1.23. The van der Waals surface area contributed by atoms with E-state index in [1.807, 2.05) is 18.5 Å². The van der Waals surface area contributed by atoms with Crippen LogP contribution >= 0.6 is 0 Å². The quantitative estimate of drug-likeness (QED) is 0.363. The molecule has 4 aliphatic carbocycles. The van der Waals surface area contributed by atoms with Crippen LogP contribution in [0.4, 0.5) is 0 Å². The van der Waals surface area contributed by atoms with E-state index >= 15 is 0 Å². The zero-order valence-electron chi connectivity index (χ0n) is 25.2. The molecule has 4 saturated carbocycles. The smallest absolute Gasteiger partial charge is 0.303 e. The number of carboxylic acid groups (broad SMARTS) is 1. The second kappa shape index (κ2) is 12.2. The van der Waals surface area contributed by atoms with Gasteiger partial charge >= 0.3 is 92.0 Å². The van der Waals surface area contributed by atoms with Crippen molar-refractivity contribution in [2.75, 3.05) is 7.05 Å². The van der Waals surface area contributed by atoms with E-state index in [2.05, 4.69) is 59.3 Å². The van der Waals surface area contributed by atoms with Crippen molar-refractivity contribution in [2.45, 2.75) is 116 Å². The summed E-state index contributed by atoms with van der Waals surface area (Å²) in [6.45, 7) is 7.43. The molecule has 1 aliphatic heterocycles. The Morgan fingerprint density at radius 3 is 2.52 bits per heavy atom. The number of likely N-dealkylation sites (tertiary alicyclic amines) is 1. The largest absolute Gasteiger partial charge is 0.481 e. The Morgan fingerprint density at radius 1 is 1.10 bits per heavy atom. The van der Waals surface area contributed by atoms with Gasteiger partial charge in [0, 0.05) is 6.42 Å². The summed E-state index contributed by atoms with van der Waals surface area (Å²) < 4.78 is 1.36. The number of fused-ring (bicyclic) bond motifs is 5. The SMILES string of the molecule is CN1C(=[Se])CC[C@H]1c1cccnc1.C[C@H](CCC(=O)O)[C@H]1CC[C@H]2[C@@H]3CC[C@@H]4C[C@H](O)CC[C@]4(C)[C@H]3CC[C@]12C. The average Bonchev–Trinajstić information content (AvgIpc) is 3.47. The standard InChI is InChI=1S/C24H40O3.C10H12N2Se/c1-15(4-9-22(26)27)19-7-8-20-18-6-5-16-14-17(25)10-12-23(16,2)21(18)11-13-24(19,20)3;1-12-9(4-5-10(12)13)8-3-2-6-11-7-8/h15-21,25H,4-14H2,1-3H3,(H,26,27);2-3,6-7,9H,4-5H2,1H3/t15-,16-,17-,18+,19-,20+,21+,23+,24-;9-/m10/s1. The van der Waals surface area contributed by atoms with E-state index in [4.69, 9.17) is 5.11 Å². The molecule has 0 spiro atoms. The van der Waals surface area contributed by atoms with Gasteiger partial charge in [-0.05, 0) is 111 Å². The molecule has 1 aromatic heterocycles. The van der Waals surface area contributed by atoms with Gasteiger partial charge in [0.2, 0.25) is 0 Å². The summed E-state index contributed by atoms with van der Waals surface area (Å²) in [5.41, 5.74) is 2.20. The van der Waals surface area contributed by atoms with Crippen LogP contribution in [0.3, 0.4) is 0 Å². The summed E-state index contributed by atoms with van der Waals surface area (Å²) in [5.74, 6) is 3.91. The topological polar surface area (TPSA) is 73.7 Å². The van der Waals surface area contributed by atoms with Gasteiger partial charge in [-0.2, -0.15) is 0 Å². The van der Waals surface area contributed by atoms with Crippen molar-refractivity contribution in [2.24, 2.45) is 46.3 Å². The van der Waals surface area contributed by atoms with Crippen LogP contribution in [0.2, 0.25) is 0 Å². The zero-order chi connectivity index (χ0) is 28.7. The van der Waals surface area contributed by atoms with Crippen molar-refractivity contribution in [3.8, 4) is 0 Å². The van der Waals surface area contributed by atoms with Crippen LogP contribution in [0, 0.1) is 46.3 Å². The molecule has 1 aromatic rings. The second-order valence-electron chi connectivity index (χ2n) is 14.6. The molecule has 2 heterocycles. The van der Waals surface area contributed by atoms with Crippen LogP contribution in [0.5, 0.6) is 0 Å². The Bertz CT molecular complexity index is 1050. The molecule has 0 unspecified atom stereocenters. The van der Waals surface area contributed by atoms with Crippen molar-refractivity contribution in [3.63, 3.8) is 0 Å². The molecular formula is C34H52N2O3Se. The molecule has 5 nitrogen and oxygen atoms in total. The maximum Gasteiger partial charge on any atom is 0.303 e. The molecule has 6 heteroatoms. The fourth-order valence-electron chi connectivity index (χ4n) is 10.5. The normalized spacial score (nSPS) is 41.3. The predicted molar refractivity (Wildman–Crippen MR) is 162 cm³/mol. The number of aliphatic carboxylic acids is 1. The van der Waals surface area contributed by atoms with Gasteiger partial charge in [0.1, 0.15) is 0 Å². The van der Waals surface area contributed by atoms with E-state index in [-0.39, 0.29) is 6.10 Å². The molecule has 5 fully saturated rings. The number of hydrogen-bond acceptors (Lipinski definition) is 4. The number of carboxylic acids is 1. The molecule has 0 radical (unpaired) electrons. The summed E-state index contributed by atoms with van der Waals surface area (Å²) in [6, 6.07) is 4.66. The first-order valence-electron chi connectivity index (χ1n) is 16.1. The molecule has 2 N–H and O–H groups in total. The molecule has 0 bridgehead atoms. The maximum atomic E-state index is 11.0. The first kappa shape index (κ1) is 30.2. The van der Waals surface area contributed by atoms with Crippen LogP contribution in [0.25, 0.3) is 0 Å². The molecule has 1 saturated heterocycles. The number of pyridine rings is 1. The monoisotopic (exact) mass is 616 g/mol. The predicted octanol–water partition coefficient (Wildman–Crippen LogP) is 6.65. The fraction of sp³-hybridized carbons (Fsp3) is 0.794. The molecule has 0 amide bonds. The molecule has 0 aromatic carbocycles. The number of aliphatic hydroxyl groups excluding tert-OH is 1. The van der Waals surface area contributed by atoms with Crippen molar-refractivity contribution in [1.82, 2.24) is 9.88 Å². The van der Waals surface area contributed by atoms with Crippen LogP contribution in [-0.2, 0) is 4.79 Å². The Kier molecular flexibility index (Phi) is 9.20. The minimum Gasteiger partial charge on any atom is -0.481 e. The number of nitrogens with zero attached hydrogens (tertiary/aromatic N) is 2. The first-order valence-corrected chi connectivity index (χ1v) is 17.0. The van der Waals surface area contributed by atoms with Gasteiger partial charge < -0.3 is 10.2 Å². The van der Waals surface area contributed by atoms with Gasteiger partial charge in [-0.1, -0.05) is 20.8 Å². The summed E-state index contributed by atoms with van der Waals surface area (Å²) >= 11 is 3.11. The number of aliphatic hydroxyl groups is 1. The summed E-state index contributed by atoms with van der Waals surface area (Å²) in [4.78, 5) is 17.5. The maximum absolute atomic E-state index is 11.0. The van der Waals surface area contributed by atoms with Crippen LogP contribution in [0.15, 0.2) is 24.5 Å². The number of aromatic nitrogens is 1. The molecule has 6 rings (SSSR count). The fourth-order valence-corrected chi connectivity index (χ4v) is 11.0. The van der Waals surface area contributed by atoms with Gasteiger partial charge in [0.05, 0.1) is 6.10 Å². The van der Waals surface area contributed by atoms with Gasteiger partial charge in [0.25, 0.3) is 0 Å². The minimum atomic E-state index is -0.643. The Morgan fingerprint density at radius 2 is 1.85 bits per heavy atom. The van der Waals surface area contributed by atoms with E-state index in [0.29, 0.717) is 35.1 Å². The molecule has 10 atom stereocenters. The second-order valence-corrected chi connectivity index (χ2v) is 15.6. The minimum absolute atomic E-state index is 0.0561. The Labute approximate surface area is 250 Å². The average molecular weight is 616 g/mol. The van der Waals surface area contributed by atoms with Crippen LogP contribution < -0.4 is 0 Å². The van der Waals surface area contributed by atoms with Crippen molar-refractivity contribution in [1.29, 1.82) is 0 Å². The number of carbonyl (C=O) groups is 1. The molecule has 222 valence electrons. The van der Waals surface area contributed by atoms with E-state index in [9.17, 15) is 9.90 Å². The van der Waals surface area contributed by atoms with E-state index < -0.39 is 5.97 Å². The van der Waals surface area contributed by atoms with Crippen LogP contribution in [0.1, 0.15) is 116 Å². The molecular weight excluding hydrogens is 563 g/mol. The van der Waals surface area contributed by atoms with E-state index in [1.54, 1.807) is 0 Å². The molecule has 5 aliphatic rings. The summed E-state index contributed by atoms with van der Waals surface area (Å²) in [7, 11) is 2.14.